The minimum atomic E-state index is -3.57. The van der Waals surface area contributed by atoms with Crippen LogP contribution in [0.25, 0.3) is 0 Å². The number of aldehydes is 1. The van der Waals surface area contributed by atoms with Gasteiger partial charge in [0.2, 0.25) is 15.9 Å². The summed E-state index contributed by atoms with van der Waals surface area (Å²) in [6, 6.07) is 5.54. The van der Waals surface area contributed by atoms with E-state index < -0.39 is 15.9 Å². The molecule has 1 saturated heterocycles. The van der Waals surface area contributed by atoms with Gasteiger partial charge in [-0.3, -0.25) is 4.79 Å². The van der Waals surface area contributed by atoms with Gasteiger partial charge in [-0.15, -0.1) is 0 Å². The zero-order valence-corrected chi connectivity index (χ0v) is 11.7. The van der Waals surface area contributed by atoms with Gasteiger partial charge in [0.25, 0.3) is 0 Å². The van der Waals surface area contributed by atoms with Gasteiger partial charge in [-0.05, 0) is 37.1 Å². The van der Waals surface area contributed by atoms with E-state index in [1.54, 1.807) is 0 Å². The number of hydrogen-bond acceptors (Lipinski definition) is 4. The summed E-state index contributed by atoms with van der Waals surface area (Å²) in [6.45, 7) is 0.673. The highest BCUT2D eigenvalue weighted by Crippen LogP contribution is 2.23. The van der Waals surface area contributed by atoms with E-state index in [1.165, 1.54) is 28.6 Å². The minimum Gasteiger partial charge on any atom is -0.366 e. The normalized spacial score (nSPS) is 17.8. The first-order valence-electron chi connectivity index (χ1n) is 6.30. The molecule has 0 radical (unpaired) electrons. The molecule has 0 aliphatic carbocycles. The number of carbonyl (C=O) groups excluding carboxylic acids is 2. The molecule has 0 unspecified atom stereocenters. The van der Waals surface area contributed by atoms with Gasteiger partial charge in [0.15, 0.2) is 0 Å². The zero-order valence-electron chi connectivity index (χ0n) is 10.9. The summed E-state index contributed by atoms with van der Waals surface area (Å²) in [5.41, 5.74) is 5.38. The number of amides is 1. The molecule has 1 fully saturated rings. The van der Waals surface area contributed by atoms with Crippen molar-refractivity contribution in [2.75, 3.05) is 13.1 Å². The predicted molar refractivity (Wildman–Crippen MR) is 72.5 cm³/mol. The van der Waals surface area contributed by atoms with Crippen LogP contribution >= 0.6 is 0 Å². The molecule has 2 rings (SSSR count). The van der Waals surface area contributed by atoms with Gasteiger partial charge in [0, 0.05) is 24.6 Å². The molecule has 0 bridgehead atoms. The van der Waals surface area contributed by atoms with E-state index in [2.05, 4.69) is 0 Å². The van der Waals surface area contributed by atoms with Crippen LogP contribution in [-0.2, 0) is 14.8 Å². The third kappa shape index (κ3) is 2.88. The molecule has 7 heteroatoms. The summed E-state index contributed by atoms with van der Waals surface area (Å²) >= 11 is 0. The Morgan fingerprint density at radius 1 is 1.20 bits per heavy atom. The third-order valence-electron chi connectivity index (χ3n) is 3.47. The fraction of sp³-hybridized carbons (Fsp3) is 0.385. The highest BCUT2D eigenvalue weighted by Gasteiger charge is 2.29. The van der Waals surface area contributed by atoms with E-state index >= 15 is 0 Å². The largest absolute Gasteiger partial charge is 0.366 e. The monoisotopic (exact) mass is 296 g/mol. The minimum absolute atomic E-state index is 0.0568. The number of nitrogens with zero attached hydrogens (tertiary/aromatic N) is 1. The lowest BCUT2D eigenvalue weighted by Gasteiger charge is -2.28. The number of primary amides is 1. The number of sulfonamides is 1. The zero-order chi connectivity index (χ0) is 14.8. The van der Waals surface area contributed by atoms with Gasteiger partial charge in [-0.2, -0.15) is 4.31 Å². The number of benzene rings is 1. The molecule has 1 aliphatic rings. The van der Waals surface area contributed by atoms with Crippen molar-refractivity contribution >= 4 is 22.2 Å². The highest BCUT2D eigenvalue weighted by atomic mass is 32.2. The average Bonchev–Trinajstić information content (AvgIpc) is 2.47. The summed E-state index contributed by atoms with van der Waals surface area (Å²) in [5.74, 6) is -0.653. The van der Waals surface area contributed by atoms with Crippen molar-refractivity contribution in [3.63, 3.8) is 0 Å². The summed E-state index contributed by atoms with van der Waals surface area (Å²) in [5, 5.41) is 0. The van der Waals surface area contributed by atoms with Crippen molar-refractivity contribution in [1.29, 1.82) is 0 Å². The van der Waals surface area contributed by atoms with Gasteiger partial charge in [0.1, 0.15) is 6.29 Å². The van der Waals surface area contributed by atoms with Gasteiger partial charge < -0.3 is 10.5 Å². The molecule has 6 nitrogen and oxygen atoms in total. The summed E-state index contributed by atoms with van der Waals surface area (Å²) in [4.78, 5) is 21.8. The van der Waals surface area contributed by atoms with E-state index in [0.29, 0.717) is 25.9 Å². The predicted octanol–water partition coefficient (Wildman–Crippen LogP) is 0.385. The Labute approximate surface area is 117 Å². The van der Waals surface area contributed by atoms with Crippen LogP contribution in [0.5, 0.6) is 0 Å². The van der Waals surface area contributed by atoms with E-state index in [4.69, 9.17) is 5.73 Å². The molecule has 1 aromatic rings. The molecule has 1 heterocycles. The summed E-state index contributed by atoms with van der Waals surface area (Å²) in [7, 11) is -3.57. The molecule has 0 saturated carbocycles. The first-order valence-corrected chi connectivity index (χ1v) is 7.74. The molecule has 0 spiro atoms. The third-order valence-corrected chi connectivity index (χ3v) is 5.38. The number of rotatable bonds is 4. The van der Waals surface area contributed by atoms with Crippen molar-refractivity contribution in [3.05, 3.63) is 29.8 Å². The molecule has 108 valence electrons. The Balaban J connectivity index is 2.18. The maximum Gasteiger partial charge on any atom is 0.248 e. The molecule has 1 amide bonds. The standard InChI is InChI=1S/C13H16N2O4S/c14-13(17)11-1-3-12(4-2-11)20(18,19)15-7-5-10(9-16)6-8-15/h1-4,9-10H,5-8H2,(H2,14,17). The Morgan fingerprint density at radius 2 is 1.75 bits per heavy atom. The topological polar surface area (TPSA) is 97.5 Å². The number of hydrogen-bond donors (Lipinski definition) is 1. The molecule has 20 heavy (non-hydrogen) atoms. The molecular weight excluding hydrogens is 280 g/mol. The highest BCUT2D eigenvalue weighted by molar-refractivity contribution is 7.89. The maximum atomic E-state index is 12.4. The smallest absolute Gasteiger partial charge is 0.248 e. The summed E-state index contributed by atoms with van der Waals surface area (Å²) in [6.07, 6.45) is 1.97. The van der Waals surface area contributed by atoms with Crippen molar-refractivity contribution < 1.29 is 18.0 Å². The van der Waals surface area contributed by atoms with Crippen LogP contribution in [0.2, 0.25) is 0 Å². The van der Waals surface area contributed by atoms with Crippen LogP contribution in [-0.4, -0.2) is 38.0 Å². The second-order valence-electron chi connectivity index (χ2n) is 4.77. The number of nitrogens with two attached hydrogens (primary N) is 1. The average molecular weight is 296 g/mol. The molecule has 0 aromatic heterocycles. The van der Waals surface area contributed by atoms with E-state index in [1.807, 2.05) is 0 Å². The molecule has 1 aliphatic heterocycles. The van der Waals surface area contributed by atoms with E-state index in [0.717, 1.165) is 6.29 Å². The second-order valence-corrected chi connectivity index (χ2v) is 6.70. The van der Waals surface area contributed by atoms with Gasteiger partial charge in [-0.25, -0.2) is 8.42 Å². The molecule has 1 aromatic carbocycles. The lowest BCUT2D eigenvalue weighted by Crippen LogP contribution is -2.38. The van der Waals surface area contributed by atoms with Crippen molar-refractivity contribution in [2.24, 2.45) is 11.7 Å². The maximum absolute atomic E-state index is 12.4. The van der Waals surface area contributed by atoms with E-state index in [-0.39, 0.29) is 16.4 Å². The molecule has 2 N–H and O–H groups in total. The van der Waals surface area contributed by atoms with Crippen LogP contribution in [0.4, 0.5) is 0 Å². The molecular formula is C13H16N2O4S. The first kappa shape index (κ1) is 14.7. The van der Waals surface area contributed by atoms with E-state index in [9.17, 15) is 18.0 Å². The molecule has 0 atom stereocenters. The quantitative estimate of drug-likeness (QED) is 0.812. The van der Waals surface area contributed by atoms with Crippen molar-refractivity contribution in [3.8, 4) is 0 Å². The van der Waals surface area contributed by atoms with Gasteiger partial charge in [-0.1, -0.05) is 0 Å². The van der Waals surface area contributed by atoms with Crippen LogP contribution in [0, 0.1) is 5.92 Å². The Hall–Kier alpha value is -1.73. The van der Waals surface area contributed by atoms with Gasteiger partial charge in [0.05, 0.1) is 4.90 Å². The summed E-state index contributed by atoms with van der Waals surface area (Å²) < 4.78 is 26.1. The first-order chi connectivity index (χ1) is 9.45. The van der Waals surface area contributed by atoms with Gasteiger partial charge >= 0.3 is 0 Å². The number of piperidine rings is 1. The Kier molecular flexibility index (Phi) is 4.20. The second kappa shape index (κ2) is 5.72. The van der Waals surface area contributed by atoms with Crippen LogP contribution < -0.4 is 5.73 Å². The lowest BCUT2D eigenvalue weighted by molar-refractivity contribution is -0.112. The SMILES string of the molecule is NC(=O)c1ccc(S(=O)(=O)N2CCC(C=O)CC2)cc1. The Bertz CT molecular complexity index is 602. The van der Waals surface area contributed by atoms with Crippen LogP contribution in [0.15, 0.2) is 29.2 Å². The fourth-order valence-corrected chi connectivity index (χ4v) is 3.66. The lowest BCUT2D eigenvalue weighted by atomic mass is 10.0. The van der Waals surface area contributed by atoms with Crippen molar-refractivity contribution in [1.82, 2.24) is 4.31 Å². The van der Waals surface area contributed by atoms with Crippen LogP contribution in [0.3, 0.4) is 0 Å². The Morgan fingerprint density at radius 3 is 2.20 bits per heavy atom. The van der Waals surface area contributed by atoms with Crippen LogP contribution in [0.1, 0.15) is 23.2 Å². The van der Waals surface area contributed by atoms with Crippen molar-refractivity contribution in [2.45, 2.75) is 17.7 Å². The fourth-order valence-electron chi connectivity index (χ4n) is 2.19. The number of carbonyl (C=O) groups is 2.